The molecule has 1 aromatic heterocycles. The molecule has 1 N–H and O–H groups in total. The number of ether oxygens (including phenoxy) is 1. The third-order valence-electron chi connectivity index (χ3n) is 3.62. The number of amides is 1. The van der Waals surface area contributed by atoms with Crippen LogP contribution in [-0.4, -0.2) is 23.8 Å². The molecule has 0 unspecified atom stereocenters. The van der Waals surface area contributed by atoms with Crippen molar-refractivity contribution in [3.63, 3.8) is 0 Å². The van der Waals surface area contributed by atoms with E-state index in [1.165, 1.54) is 26.2 Å². The smallest absolute Gasteiger partial charge is 0.261 e. The summed E-state index contributed by atoms with van der Waals surface area (Å²) in [5.74, 6) is -1.02. The highest BCUT2D eigenvalue weighted by atomic mass is 32.1. The molecule has 0 saturated heterocycles. The largest absolute Gasteiger partial charge is 0.496 e. The van der Waals surface area contributed by atoms with Crippen LogP contribution in [0.4, 0.5) is 9.52 Å². The van der Waals surface area contributed by atoms with E-state index in [1.54, 1.807) is 0 Å². The van der Waals surface area contributed by atoms with E-state index in [1.807, 2.05) is 30.3 Å². The number of thiazole rings is 1. The zero-order chi connectivity index (χ0) is 18.7. The number of hydrogen-bond acceptors (Lipinski definition) is 5. The Balaban J connectivity index is 1.95. The first-order chi connectivity index (χ1) is 12.5. The number of nitrogens with zero attached hydrogens (tertiary/aromatic N) is 1. The molecule has 3 rings (SSSR count). The summed E-state index contributed by atoms with van der Waals surface area (Å²) in [6.07, 6.45) is 0. The van der Waals surface area contributed by atoms with Crippen LogP contribution in [0.3, 0.4) is 0 Å². The van der Waals surface area contributed by atoms with Gasteiger partial charge in [-0.05, 0) is 18.2 Å². The number of methoxy groups -OCH3 is 1. The van der Waals surface area contributed by atoms with Gasteiger partial charge in [0, 0.05) is 12.5 Å². The summed E-state index contributed by atoms with van der Waals surface area (Å²) in [4.78, 5) is 29.3. The number of Topliss-reactive ketones (excluding diaryl/α,β-unsaturated/α-hetero) is 1. The lowest BCUT2D eigenvalue weighted by Crippen LogP contribution is -2.13. The molecule has 0 aliphatic heterocycles. The number of carbonyl (C=O) groups is 2. The van der Waals surface area contributed by atoms with Crippen LogP contribution in [0.5, 0.6) is 5.75 Å². The monoisotopic (exact) mass is 370 g/mol. The van der Waals surface area contributed by atoms with Crippen molar-refractivity contribution < 1.29 is 18.7 Å². The van der Waals surface area contributed by atoms with Crippen LogP contribution < -0.4 is 10.1 Å². The van der Waals surface area contributed by atoms with Gasteiger partial charge in [-0.2, -0.15) is 0 Å². The molecule has 26 heavy (non-hydrogen) atoms. The van der Waals surface area contributed by atoms with Crippen LogP contribution in [-0.2, 0) is 0 Å². The van der Waals surface area contributed by atoms with Crippen molar-refractivity contribution in [2.24, 2.45) is 0 Å². The molecule has 0 saturated carbocycles. The Morgan fingerprint density at radius 1 is 1.15 bits per heavy atom. The number of halogens is 1. The molecule has 132 valence electrons. The summed E-state index contributed by atoms with van der Waals surface area (Å²) in [7, 11) is 1.40. The van der Waals surface area contributed by atoms with E-state index in [-0.39, 0.29) is 22.2 Å². The van der Waals surface area contributed by atoms with Gasteiger partial charge in [-0.15, -0.1) is 0 Å². The fourth-order valence-electron chi connectivity index (χ4n) is 2.43. The Bertz CT molecular complexity index is 970. The lowest BCUT2D eigenvalue weighted by atomic mass is 10.1. The number of ketones is 1. The van der Waals surface area contributed by atoms with E-state index >= 15 is 0 Å². The van der Waals surface area contributed by atoms with Gasteiger partial charge in [0.05, 0.1) is 23.2 Å². The zero-order valence-electron chi connectivity index (χ0n) is 14.1. The van der Waals surface area contributed by atoms with Gasteiger partial charge in [0.25, 0.3) is 5.91 Å². The minimum absolute atomic E-state index is 0.0494. The molecule has 0 radical (unpaired) electrons. The first-order valence-corrected chi connectivity index (χ1v) is 8.53. The Hall–Kier alpha value is -3.06. The average molecular weight is 370 g/mol. The van der Waals surface area contributed by atoms with Gasteiger partial charge in [0.2, 0.25) is 0 Å². The van der Waals surface area contributed by atoms with Crippen LogP contribution in [0, 0.1) is 5.82 Å². The maximum atomic E-state index is 13.5. The van der Waals surface area contributed by atoms with E-state index in [2.05, 4.69) is 10.3 Å². The second kappa shape index (κ2) is 7.45. The summed E-state index contributed by atoms with van der Waals surface area (Å²) in [5.41, 5.74) is 1.33. The van der Waals surface area contributed by atoms with Crippen molar-refractivity contribution in [2.75, 3.05) is 12.4 Å². The molecule has 2 aromatic carbocycles. The molecule has 0 aliphatic carbocycles. The summed E-state index contributed by atoms with van der Waals surface area (Å²) < 4.78 is 18.6. The topological polar surface area (TPSA) is 68.3 Å². The van der Waals surface area contributed by atoms with Crippen LogP contribution >= 0.6 is 11.3 Å². The highest BCUT2D eigenvalue weighted by Gasteiger charge is 2.20. The maximum absolute atomic E-state index is 13.5. The SMILES string of the molecule is COc1ccc(F)cc1C(=O)Nc1nc(-c2ccccc2)c(C(C)=O)s1. The van der Waals surface area contributed by atoms with Crippen molar-refractivity contribution in [1.29, 1.82) is 0 Å². The first kappa shape index (κ1) is 17.8. The molecule has 7 heteroatoms. The second-order valence-electron chi connectivity index (χ2n) is 5.42. The van der Waals surface area contributed by atoms with Gasteiger partial charge in [0.15, 0.2) is 10.9 Å². The minimum atomic E-state index is -0.565. The maximum Gasteiger partial charge on any atom is 0.261 e. The quantitative estimate of drug-likeness (QED) is 0.676. The molecular weight excluding hydrogens is 355 g/mol. The van der Waals surface area contributed by atoms with E-state index in [4.69, 9.17) is 4.74 Å². The molecule has 0 bridgehead atoms. The lowest BCUT2D eigenvalue weighted by molar-refractivity contribution is 0.101. The highest BCUT2D eigenvalue weighted by Crippen LogP contribution is 2.32. The number of aromatic nitrogens is 1. The standard InChI is InChI=1S/C19H15FN2O3S/c1-11(23)17-16(12-6-4-3-5-7-12)21-19(26-17)22-18(24)14-10-13(20)8-9-15(14)25-2/h3-10H,1-2H3,(H,21,22,24). The van der Waals surface area contributed by atoms with Crippen molar-refractivity contribution in [3.05, 3.63) is 64.8 Å². The molecule has 0 atom stereocenters. The summed E-state index contributed by atoms with van der Waals surface area (Å²) in [6.45, 7) is 1.45. The third-order valence-corrected chi connectivity index (χ3v) is 4.69. The predicted molar refractivity (Wildman–Crippen MR) is 98.5 cm³/mol. The van der Waals surface area contributed by atoms with Crippen LogP contribution in [0.15, 0.2) is 48.5 Å². The minimum Gasteiger partial charge on any atom is -0.496 e. The molecular formula is C19H15FN2O3S. The van der Waals surface area contributed by atoms with E-state index in [9.17, 15) is 14.0 Å². The molecule has 0 fully saturated rings. The molecule has 5 nitrogen and oxygen atoms in total. The van der Waals surface area contributed by atoms with Crippen molar-refractivity contribution >= 4 is 28.2 Å². The molecule has 1 heterocycles. The lowest BCUT2D eigenvalue weighted by Gasteiger charge is -2.07. The van der Waals surface area contributed by atoms with Gasteiger partial charge in [0.1, 0.15) is 11.6 Å². The third kappa shape index (κ3) is 3.62. The van der Waals surface area contributed by atoms with Crippen molar-refractivity contribution in [3.8, 4) is 17.0 Å². The highest BCUT2D eigenvalue weighted by molar-refractivity contribution is 7.18. The van der Waals surface area contributed by atoms with Crippen LogP contribution in [0.25, 0.3) is 11.3 Å². The summed E-state index contributed by atoms with van der Waals surface area (Å²) >= 11 is 1.08. The number of rotatable bonds is 5. The predicted octanol–water partition coefficient (Wildman–Crippen LogP) is 4.41. The Morgan fingerprint density at radius 2 is 1.88 bits per heavy atom. The number of nitrogens with one attached hydrogen (secondary N) is 1. The van der Waals surface area contributed by atoms with Gasteiger partial charge in [-0.3, -0.25) is 14.9 Å². The normalized spacial score (nSPS) is 10.4. The number of hydrogen-bond donors (Lipinski definition) is 1. The van der Waals surface area contributed by atoms with Gasteiger partial charge in [-0.1, -0.05) is 41.7 Å². The number of anilines is 1. The first-order valence-electron chi connectivity index (χ1n) is 7.71. The van der Waals surface area contributed by atoms with Crippen LogP contribution in [0.1, 0.15) is 27.0 Å². The van der Waals surface area contributed by atoms with E-state index in [0.717, 1.165) is 23.0 Å². The van der Waals surface area contributed by atoms with E-state index < -0.39 is 11.7 Å². The second-order valence-corrected chi connectivity index (χ2v) is 6.42. The fourth-order valence-corrected chi connectivity index (χ4v) is 3.30. The van der Waals surface area contributed by atoms with Gasteiger partial charge >= 0.3 is 0 Å². The summed E-state index contributed by atoms with van der Waals surface area (Å²) in [5, 5.41) is 2.87. The Morgan fingerprint density at radius 3 is 2.54 bits per heavy atom. The number of benzene rings is 2. The van der Waals surface area contributed by atoms with Gasteiger partial charge in [-0.25, -0.2) is 9.37 Å². The molecule has 3 aromatic rings. The van der Waals surface area contributed by atoms with Gasteiger partial charge < -0.3 is 4.74 Å². The molecule has 0 spiro atoms. The zero-order valence-corrected chi connectivity index (χ0v) is 14.9. The molecule has 0 aliphatic rings. The number of carbonyl (C=O) groups excluding carboxylic acids is 2. The van der Waals surface area contributed by atoms with Crippen molar-refractivity contribution in [1.82, 2.24) is 4.98 Å². The van der Waals surface area contributed by atoms with Crippen LogP contribution in [0.2, 0.25) is 0 Å². The Kier molecular flexibility index (Phi) is 5.09. The van der Waals surface area contributed by atoms with Crippen molar-refractivity contribution in [2.45, 2.75) is 6.92 Å². The fraction of sp³-hybridized carbons (Fsp3) is 0.105. The molecule has 1 amide bonds. The average Bonchev–Trinajstić information content (AvgIpc) is 3.06. The Labute approximate surface area is 153 Å². The van der Waals surface area contributed by atoms with E-state index in [0.29, 0.717) is 10.6 Å². The summed E-state index contributed by atoms with van der Waals surface area (Å²) in [6, 6.07) is 12.9.